The summed E-state index contributed by atoms with van der Waals surface area (Å²) in [4.78, 5) is 26.0. The summed E-state index contributed by atoms with van der Waals surface area (Å²) in [6, 6.07) is -0.698. The number of allylic oxidation sites excluding steroid dienone is 4. The average Bonchev–Trinajstić information content (AvgIpc) is 3.22. The first-order valence-electron chi connectivity index (χ1n) is 25.6. The van der Waals surface area contributed by atoms with Crippen molar-refractivity contribution >= 4 is 11.9 Å². The van der Waals surface area contributed by atoms with E-state index in [4.69, 9.17) is 4.74 Å². The highest BCUT2D eigenvalue weighted by atomic mass is 16.5. The molecule has 342 valence electrons. The Kier molecular flexibility index (Phi) is 45.1. The number of rotatable bonds is 46. The third-order valence-electron chi connectivity index (χ3n) is 11.8. The van der Waals surface area contributed by atoms with Crippen LogP contribution < -0.4 is 5.32 Å². The van der Waals surface area contributed by atoms with Gasteiger partial charge in [-0.1, -0.05) is 231 Å². The zero-order valence-corrected chi connectivity index (χ0v) is 38.9. The van der Waals surface area contributed by atoms with E-state index >= 15 is 0 Å². The maximum atomic E-state index is 13.1. The van der Waals surface area contributed by atoms with E-state index in [1.54, 1.807) is 0 Å². The largest absolute Gasteiger partial charge is 0.462 e. The second-order valence-corrected chi connectivity index (χ2v) is 17.6. The van der Waals surface area contributed by atoms with Crippen LogP contribution in [0.2, 0.25) is 0 Å². The molecule has 1 amide bonds. The summed E-state index contributed by atoms with van der Waals surface area (Å²) in [5.74, 6) is -0.482. The first kappa shape index (κ1) is 56.3. The predicted molar refractivity (Wildman–Crippen MR) is 250 cm³/mol. The van der Waals surface area contributed by atoms with Crippen LogP contribution in [0.25, 0.3) is 0 Å². The molecule has 58 heavy (non-hydrogen) atoms. The number of esters is 1. The summed E-state index contributed by atoms with van der Waals surface area (Å²) in [5.41, 5.74) is 0. The highest BCUT2D eigenvalue weighted by Gasteiger charge is 2.24. The summed E-state index contributed by atoms with van der Waals surface area (Å²) < 4.78 is 5.91. The quantitative estimate of drug-likeness (QED) is 0.0323. The fraction of sp³-hybridized carbons (Fsp3) is 0.885. The maximum Gasteiger partial charge on any atom is 0.306 e. The van der Waals surface area contributed by atoms with Crippen LogP contribution in [0.15, 0.2) is 24.3 Å². The first-order valence-corrected chi connectivity index (χ1v) is 25.6. The Hall–Kier alpha value is -1.66. The topological polar surface area (TPSA) is 95.9 Å². The molecule has 0 radical (unpaired) electrons. The van der Waals surface area contributed by atoms with E-state index in [0.29, 0.717) is 19.3 Å². The molecule has 0 saturated heterocycles. The van der Waals surface area contributed by atoms with Crippen LogP contribution in [0.3, 0.4) is 0 Å². The molecule has 0 aromatic heterocycles. The van der Waals surface area contributed by atoms with Crippen LogP contribution in [0.5, 0.6) is 0 Å². The molecule has 0 heterocycles. The first-order chi connectivity index (χ1) is 28.5. The number of unbranched alkanes of at least 4 members (excludes halogenated alkanes) is 31. The van der Waals surface area contributed by atoms with Gasteiger partial charge in [0.05, 0.1) is 25.2 Å². The minimum absolute atomic E-state index is 0.0758. The Labute approximate surface area is 361 Å². The van der Waals surface area contributed by atoms with Gasteiger partial charge in [-0.3, -0.25) is 9.59 Å². The minimum Gasteiger partial charge on any atom is -0.462 e. The number of aliphatic hydroxyl groups excluding tert-OH is 2. The number of carbonyl (C=O) groups is 2. The maximum absolute atomic E-state index is 13.1. The minimum atomic E-state index is -0.784. The summed E-state index contributed by atoms with van der Waals surface area (Å²) in [6.07, 6.45) is 52.4. The Morgan fingerprint density at radius 2 is 0.862 bits per heavy atom. The molecule has 0 aliphatic heterocycles. The van der Waals surface area contributed by atoms with Gasteiger partial charge >= 0.3 is 5.97 Å². The van der Waals surface area contributed by atoms with Crippen molar-refractivity contribution in [1.82, 2.24) is 5.32 Å². The third-order valence-corrected chi connectivity index (χ3v) is 11.8. The fourth-order valence-corrected chi connectivity index (χ4v) is 7.89. The molecule has 0 bridgehead atoms. The van der Waals surface area contributed by atoms with Crippen LogP contribution in [0.4, 0.5) is 0 Å². The van der Waals surface area contributed by atoms with Crippen molar-refractivity contribution in [2.45, 2.75) is 289 Å². The second-order valence-electron chi connectivity index (χ2n) is 17.6. The molecule has 0 spiro atoms. The van der Waals surface area contributed by atoms with Gasteiger partial charge in [-0.05, 0) is 51.4 Å². The number of hydrogen-bond donors (Lipinski definition) is 3. The van der Waals surface area contributed by atoms with Crippen molar-refractivity contribution in [3.63, 3.8) is 0 Å². The highest BCUT2D eigenvalue weighted by molar-refractivity contribution is 5.77. The van der Waals surface area contributed by atoms with Crippen LogP contribution in [-0.2, 0) is 14.3 Å². The molecule has 3 unspecified atom stereocenters. The van der Waals surface area contributed by atoms with Crippen LogP contribution in [0.1, 0.15) is 271 Å². The van der Waals surface area contributed by atoms with Gasteiger partial charge < -0.3 is 20.3 Å². The molecule has 3 N–H and O–H groups in total. The summed E-state index contributed by atoms with van der Waals surface area (Å²) in [7, 11) is 0. The number of ether oxygens (including phenoxy) is 1. The second kappa shape index (κ2) is 46.4. The monoisotopic (exact) mass is 818 g/mol. The van der Waals surface area contributed by atoms with Crippen molar-refractivity contribution in [3.05, 3.63) is 24.3 Å². The average molecular weight is 818 g/mol. The van der Waals surface area contributed by atoms with E-state index in [0.717, 1.165) is 51.4 Å². The lowest BCUT2D eigenvalue weighted by molar-refractivity contribution is -0.151. The van der Waals surface area contributed by atoms with Gasteiger partial charge in [0.1, 0.15) is 6.10 Å². The SMILES string of the molecule is CCCCCCCCC/C=C/C=C/CCCCCCCC(=O)OC(CCCCCCCCCCC)CC(=O)NC(CO)C(O)CCCCCCCCCCCCCC. The van der Waals surface area contributed by atoms with E-state index in [1.807, 2.05) is 0 Å². The van der Waals surface area contributed by atoms with Gasteiger partial charge in [-0.15, -0.1) is 0 Å². The zero-order valence-electron chi connectivity index (χ0n) is 38.9. The predicted octanol–water partition coefficient (Wildman–Crippen LogP) is 15.1. The van der Waals surface area contributed by atoms with Crippen LogP contribution >= 0.6 is 0 Å². The third kappa shape index (κ3) is 41.1. The molecule has 0 fully saturated rings. The fourth-order valence-electron chi connectivity index (χ4n) is 7.89. The van der Waals surface area contributed by atoms with Gasteiger partial charge in [0.15, 0.2) is 0 Å². The number of aliphatic hydroxyl groups is 2. The number of hydrogen-bond acceptors (Lipinski definition) is 5. The summed E-state index contributed by atoms with van der Waals surface area (Å²) >= 11 is 0. The lowest BCUT2D eigenvalue weighted by Crippen LogP contribution is -2.46. The lowest BCUT2D eigenvalue weighted by Gasteiger charge is -2.24. The normalized spacial score (nSPS) is 13.4. The van der Waals surface area contributed by atoms with Gasteiger partial charge in [0.2, 0.25) is 5.91 Å². The van der Waals surface area contributed by atoms with Crippen molar-refractivity contribution < 1.29 is 24.5 Å². The molecule has 6 nitrogen and oxygen atoms in total. The Morgan fingerprint density at radius 3 is 1.28 bits per heavy atom. The van der Waals surface area contributed by atoms with Crippen molar-refractivity contribution in [2.75, 3.05) is 6.61 Å². The molecular formula is C52H99NO5. The molecule has 0 saturated carbocycles. The van der Waals surface area contributed by atoms with Crippen LogP contribution in [-0.4, -0.2) is 46.9 Å². The van der Waals surface area contributed by atoms with Gasteiger partial charge in [0.25, 0.3) is 0 Å². The van der Waals surface area contributed by atoms with E-state index < -0.39 is 18.2 Å². The van der Waals surface area contributed by atoms with Gasteiger partial charge in [-0.2, -0.15) is 0 Å². The molecular weight excluding hydrogens is 719 g/mol. The zero-order chi connectivity index (χ0) is 42.4. The van der Waals surface area contributed by atoms with Gasteiger partial charge in [0, 0.05) is 6.42 Å². The Bertz CT molecular complexity index is 919. The molecule has 6 heteroatoms. The molecule has 0 aliphatic rings. The summed E-state index contributed by atoms with van der Waals surface area (Å²) in [5, 5.41) is 23.7. The molecule has 3 atom stereocenters. The van der Waals surface area contributed by atoms with Crippen LogP contribution in [0, 0.1) is 0 Å². The van der Waals surface area contributed by atoms with Crippen molar-refractivity contribution in [3.8, 4) is 0 Å². The number of carbonyl (C=O) groups excluding carboxylic acids is 2. The van der Waals surface area contributed by atoms with Crippen molar-refractivity contribution in [1.29, 1.82) is 0 Å². The number of nitrogens with one attached hydrogen (secondary N) is 1. The van der Waals surface area contributed by atoms with Crippen molar-refractivity contribution in [2.24, 2.45) is 0 Å². The number of amides is 1. The Balaban J connectivity index is 4.46. The highest BCUT2D eigenvalue weighted by Crippen LogP contribution is 2.18. The Morgan fingerprint density at radius 1 is 0.500 bits per heavy atom. The molecule has 0 aromatic carbocycles. The molecule has 0 aliphatic carbocycles. The smallest absolute Gasteiger partial charge is 0.306 e. The standard InChI is InChI=1S/C52H99NO5/c1-4-7-10-13-16-19-21-23-24-25-26-27-28-30-33-36-39-42-45-52(57)58-48(43-40-37-34-31-18-15-12-9-6-3)46-51(56)53-49(47-54)50(55)44-41-38-35-32-29-22-20-17-14-11-8-5-2/h24-27,48-50,54-55H,4-23,28-47H2,1-3H3,(H,53,56)/b25-24+,27-26+. The van der Waals surface area contributed by atoms with E-state index in [1.165, 1.54) is 173 Å². The van der Waals surface area contributed by atoms with E-state index in [9.17, 15) is 19.8 Å². The lowest BCUT2D eigenvalue weighted by atomic mass is 10.0. The van der Waals surface area contributed by atoms with Gasteiger partial charge in [-0.25, -0.2) is 0 Å². The molecule has 0 rings (SSSR count). The molecule has 0 aromatic rings. The summed E-state index contributed by atoms with van der Waals surface area (Å²) in [6.45, 7) is 6.47. The van der Waals surface area contributed by atoms with E-state index in [-0.39, 0.29) is 24.9 Å². The van der Waals surface area contributed by atoms with E-state index in [2.05, 4.69) is 50.4 Å².